The number of ether oxygens (including phenoxy) is 1. The Kier molecular flexibility index (Phi) is 7.20. The summed E-state index contributed by atoms with van der Waals surface area (Å²) < 4.78 is 5.43. The molecule has 1 aromatic heterocycles. The SMILES string of the molecule is C#Cc1cccc(Nc2ncnc3ccc(NC(=O)C=C4CCN(C(=O)OC(C)(C)C)CC4)cc23)c1. The smallest absolute Gasteiger partial charge is 0.410 e. The predicted octanol–water partition coefficient (Wildman–Crippen LogP) is 5.25. The van der Waals surface area contributed by atoms with Gasteiger partial charge >= 0.3 is 6.09 Å². The topological polar surface area (TPSA) is 96.5 Å². The third-order valence-corrected chi connectivity index (χ3v) is 5.59. The Labute approximate surface area is 210 Å². The lowest BCUT2D eigenvalue weighted by molar-refractivity contribution is -0.112. The summed E-state index contributed by atoms with van der Waals surface area (Å²) in [6, 6.07) is 13.0. The van der Waals surface area contributed by atoms with Gasteiger partial charge in [0.25, 0.3) is 0 Å². The van der Waals surface area contributed by atoms with Gasteiger partial charge in [-0.05, 0) is 70.0 Å². The number of carbonyl (C=O) groups is 2. The van der Waals surface area contributed by atoms with E-state index in [1.807, 2.05) is 57.2 Å². The van der Waals surface area contributed by atoms with Gasteiger partial charge in [0.05, 0.1) is 5.52 Å². The van der Waals surface area contributed by atoms with Crippen LogP contribution in [-0.4, -0.2) is 45.6 Å². The molecule has 184 valence electrons. The van der Waals surface area contributed by atoms with E-state index in [0.717, 1.165) is 27.7 Å². The number of fused-ring (bicyclic) bond motifs is 1. The van der Waals surface area contributed by atoms with Gasteiger partial charge < -0.3 is 20.3 Å². The summed E-state index contributed by atoms with van der Waals surface area (Å²) >= 11 is 0. The van der Waals surface area contributed by atoms with Crippen LogP contribution in [-0.2, 0) is 9.53 Å². The first-order chi connectivity index (χ1) is 17.2. The fourth-order valence-electron chi connectivity index (χ4n) is 3.87. The van der Waals surface area contributed by atoms with E-state index in [9.17, 15) is 9.59 Å². The van der Waals surface area contributed by atoms with Gasteiger partial charge in [0.2, 0.25) is 5.91 Å². The zero-order chi connectivity index (χ0) is 25.7. The summed E-state index contributed by atoms with van der Waals surface area (Å²) in [5.74, 6) is 3.01. The third kappa shape index (κ3) is 6.39. The van der Waals surface area contributed by atoms with Gasteiger partial charge in [0, 0.05) is 41.5 Å². The molecule has 0 unspecified atom stereocenters. The van der Waals surface area contributed by atoms with Crippen LogP contribution in [0.25, 0.3) is 10.9 Å². The Balaban J connectivity index is 1.43. The minimum atomic E-state index is -0.529. The van der Waals surface area contributed by atoms with Crippen molar-refractivity contribution in [3.8, 4) is 12.3 Å². The van der Waals surface area contributed by atoms with E-state index < -0.39 is 5.60 Å². The molecule has 0 saturated carbocycles. The first kappa shape index (κ1) is 24.7. The maximum Gasteiger partial charge on any atom is 0.410 e. The number of piperidine rings is 1. The van der Waals surface area contributed by atoms with Crippen molar-refractivity contribution in [3.05, 3.63) is 66.0 Å². The zero-order valence-corrected chi connectivity index (χ0v) is 20.7. The molecule has 2 N–H and O–H groups in total. The molecule has 1 aliphatic rings. The summed E-state index contributed by atoms with van der Waals surface area (Å²) in [7, 11) is 0. The first-order valence-corrected chi connectivity index (χ1v) is 11.8. The number of carbonyl (C=O) groups excluding carboxylic acids is 2. The Bertz CT molecular complexity index is 1360. The van der Waals surface area contributed by atoms with Crippen molar-refractivity contribution in [2.24, 2.45) is 0 Å². The molecule has 8 nitrogen and oxygen atoms in total. The number of amides is 2. The van der Waals surface area contributed by atoms with Gasteiger partial charge in [-0.2, -0.15) is 0 Å². The molecule has 1 aliphatic heterocycles. The number of hydrogen-bond donors (Lipinski definition) is 2. The van der Waals surface area contributed by atoms with Crippen LogP contribution in [0.15, 0.2) is 60.4 Å². The van der Waals surface area contributed by atoms with Crippen LogP contribution in [0.1, 0.15) is 39.2 Å². The molecule has 3 aromatic rings. The van der Waals surface area contributed by atoms with E-state index in [2.05, 4.69) is 26.5 Å². The second-order valence-corrected chi connectivity index (χ2v) is 9.56. The predicted molar refractivity (Wildman–Crippen MR) is 141 cm³/mol. The van der Waals surface area contributed by atoms with Crippen molar-refractivity contribution in [1.82, 2.24) is 14.9 Å². The number of terminal acetylenes is 1. The van der Waals surface area contributed by atoms with E-state index in [4.69, 9.17) is 11.2 Å². The van der Waals surface area contributed by atoms with Gasteiger partial charge in [0.1, 0.15) is 17.7 Å². The number of nitrogens with one attached hydrogen (secondary N) is 2. The molecule has 1 fully saturated rings. The van der Waals surface area contributed by atoms with Crippen molar-refractivity contribution in [3.63, 3.8) is 0 Å². The second-order valence-electron chi connectivity index (χ2n) is 9.56. The molecular formula is C28H29N5O3. The zero-order valence-electron chi connectivity index (χ0n) is 20.7. The Morgan fingerprint density at radius 2 is 1.86 bits per heavy atom. The normalized spacial score (nSPS) is 13.6. The summed E-state index contributed by atoms with van der Waals surface area (Å²) in [5, 5.41) is 6.97. The summed E-state index contributed by atoms with van der Waals surface area (Å²) in [4.78, 5) is 35.3. The van der Waals surface area contributed by atoms with Crippen LogP contribution in [0.2, 0.25) is 0 Å². The molecule has 0 aliphatic carbocycles. The molecular weight excluding hydrogens is 454 g/mol. The summed E-state index contributed by atoms with van der Waals surface area (Å²) in [5.41, 5.74) is 3.40. The molecule has 8 heteroatoms. The lowest BCUT2D eigenvalue weighted by Crippen LogP contribution is -2.40. The maximum absolute atomic E-state index is 12.7. The number of aromatic nitrogens is 2. The highest BCUT2D eigenvalue weighted by Crippen LogP contribution is 2.26. The number of likely N-dealkylation sites (tertiary alicyclic amines) is 1. The lowest BCUT2D eigenvalue weighted by Gasteiger charge is -2.30. The maximum atomic E-state index is 12.7. The van der Waals surface area contributed by atoms with Gasteiger partial charge in [-0.1, -0.05) is 17.6 Å². The fraction of sp³-hybridized carbons (Fsp3) is 0.286. The van der Waals surface area contributed by atoms with Gasteiger partial charge in [-0.3, -0.25) is 4.79 Å². The lowest BCUT2D eigenvalue weighted by atomic mass is 10.0. The number of hydrogen-bond acceptors (Lipinski definition) is 6. The molecule has 1 saturated heterocycles. The van der Waals surface area contributed by atoms with Crippen LogP contribution in [0.5, 0.6) is 0 Å². The van der Waals surface area contributed by atoms with Crippen LogP contribution in [0.3, 0.4) is 0 Å². The molecule has 0 spiro atoms. The average Bonchev–Trinajstić information content (AvgIpc) is 2.84. The molecule has 2 amide bonds. The molecule has 4 rings (SSSR count). The minimum absolute atomic E-state index is 0.219. The summed E-state index contributed by atoms with van der Waals surface area (Å²) in [6.07, 6.45) is 9.54. The molecule has 2 heterocycles. The van der Waals surface area contributed by atoms with Crippen LogP contribution in [0.4, 0.5) is 22.0 Å². The Morgan fingerprint density at radius 1 is 1.08 bits per heavy atom. The first-order valence-electron chi connectivity index (χ1n) is 11.8. The fourth-order valence-corrected chi connectivity index (χ4v) is 3.87. The average molecular weight is 484 g/mol. The minimum Gasteiger partial charge on any atom is -0.444 e. The molecule has 2 aromatic carbocycles. The Hall–Kier alpha value is -4.38. The van der Waals surface area contributed by atoms with Gasteiger partial charge in [-0.25, -0.2) is 14.8 Å². The third-order valence-electron chi connectivity index (χ3n) is 5.59. The van der Waals surface area contributed by atoms with Crippen molar-refractivity contribution >= 4 is 40.1 Å². The molecule has 36 heavy (non-hydrogen) atoms. The highest BCUT2D eigenvalue weighted by Gasteiger charge is 2.24. The summed E-state index contributed by atoms with van der Waals surface area (Å²) in [6.45, 7) is 6.59. The van der Waals surface area contributed by atoms with E-state index in [1.54, 1.807) is 17.0 Å². The molecule has 0 atom stereocenters. The largest absolute Gasteiger partial charge is 0.444 e. The van der Waals surface area contributed by atoms with Crippen molar-refractivity contribution in [1.29, 1.82) is 0 Å². The highest BCUT2D eigenvalue weighted by atomic mass is 16.6. The number of benzene rings is 2. The Morgan fingerprint density at radius 3 is 2.58 bits per heavy atom. The van der Waals surface area contributed by atoms with Crippen molar-refractivity contribution in [2.75, 3.05) is 23.7 Å². The molecule has 0 radical (unpaired) electrons. The van der Waals surface area contributed by atoms with Crippen LogP contribution in [0, 0.1) is 12.3 Å². The van der Waals surface area contributed by atoms with Crippen LogP contribution >= 0.6 is 0 Å². The second kappa shape index (κ2) is 10.5. The van der Waals surface area contributed by atoms with Gasteiger partial charge in [0.15, 0.2) is 0 Å². The highest BCUT2D eigenvalue weighted by molar-refractivity contribution is 6.02. The monoisotopic (exact) mass is 483 g/mol. The number of nitrogens with zero attached hydrogens (tertiary/aromatic N) is 3. The van der Waals surface area contributed by atoms with Crippen molar-refractivity contribution in [2.45, 2.75) is 39.2 Å². The number of rotatable bonds is 4. The van der Waals surface area contributed by atoms with Crippen LogP contribution < -0.4 is 10.6 Å². The standard InChI is InChI=1S/C28H29N5O3/c1-5-19-7-6-8-21(15-19)32-26-23-17-22(9-10-24(23)29-18-30-26)31-25(34)16-20-11-13-33(14-12-20)27(35)36-28(2,3)4/h1,6-10,15-18H,11-14H2,2-4H3,(H,31,34)(H,29,30,32). The van der Waals surface area contributed by atoms with E-state index in [0.29, 0.717) is 37.4 Å². The number of anilines is 3. The molecule has 0 bridgehead atoms. The van der Waals surface area contributed by atoms with Gasteiger partial charge in [-0.15, -0.1) is 6.42 Å². The van der Waals surface area contributed by atoms with Crippen molar-refractivity contribution < 1.29 is 14.3 Å². The quantitative estimate of drug-likeness (QED) is 0.389. The van der Waals surface area contributed by atoms with E-state index in [-0.39, 0.29) is 12.0 Å². The van der Waals surface area contributed by atoms with E-state index in [1.165, 1.54) is 6.33 Å². The van der Waals surface area contributed by atoms with E-state index >= 15 is 0 Å².